The first-order valence-electron chi connectivity index (χ1n) is 7.35. The first kappa shape index (κ1) is 15.6. The lowest BCUT2D eigenvalue weighted by molar-refractivity contribution is 0.293. The molecule has 0 spiro atoms. The van der Waals surface area contributed by atoms with Crippen LogP contribution in [0.3, 0.4) is 0 Å². The molecule has 2 aromatic rings. The van der Waals surface area contributed by atoms with Gasteiger partial charge in [-0.2, -0.15) is 0 Å². The number of benzene rings is 1. The first-order chi connectivity index (χ1) is 9.91. The Kier molecular flexibility index (Phi) is 4.73. The second-order valence-corrected chi connectivity index (χ2v) is 6.44. The van der Waals surface area contributed by atoms with Crippen molar-refractivity contribution in [3.63, 3.8) is 0 Å². The van der Waals surface area contributed by atoms with E-state index in [0.29, 0.717) is 13.2 Å². The Morgan fingerprint density at radius 1 is 1.19 bits per heavy atom. The van der Waals surface area contributed by atoms with Crippen LogP contribution < -0.4 is 10.1 Å². The van der Waals surface area contributed by atoms with Crippen LogP contribution in [-0.2, 0) is 18.6 Å². The van der Waals surface area contributed by atoms with E-state index in [9.17, 15) is 0 Å². The number of hydrogen-bond acceptors (Lipinski definition) is 3. The van der Waals surface area contributed by atoms with Crippen molar-refractivity contribution in [1.29, 1.82) is 0 Å². The summed E-state index contributed by atoms with van der Waals surface area (Å²) in [5.41, 5.74) is 3.64. The van der Waals surface area contributed by atoms with Crippen LogP contribution in [-0.4, -0.2) is 7.05 Å². The van der Waals surface area contributed by atoms with E-state index in [0.717, 1.165) is 17.1 Å². The van der Waals surface area contributed by atoms with Crippen molar-refractivity contribution in [2.75, 3.05) is 7.05 Å². The summed E-state index contributed by atoms with van der Waals surface area (Å²) in [5.74, 6) is 1.88. The summed E-state index contributed by atoms with van der Waals surface area (Å²) in [6.45, 7) is 9.97. The second-order valence-electron chi connectivity index (χ2n) is 6.44. The second kappa shape index (κ2) is 6.35. The highest BCUT2D eigenvalue weighted by atomic mass is 16.5. The van der Waals surface area contributed by atoms with Gasteiger partial charge in [-0.25, -0.2) is 0 Å². The first-order valence-corrected chi connectivity index (χ1v) is 7.35. The highest BCUT2D eigenvalue weighted by molar-refractivity contribution is 5.41. The Balaban J connectivity index is 2.18. The Morgan fingerprint density at radius 2 is 1.95 bits per heavy atom. The standard InChI is InChI=1S/C18H25NO2/c1-13-6-7-16(15(10-13)18(2,3)4)21-12-14-8-9-20-17(14)11-19-5/h6-10,19H,11-12H2,1-5H3. The molecular formula is C18H25NO2. The number of ether oxygens (including phenoxy) is 1. The van der Waals surface area contributed by atoms with Crippen LogP contribution in [0.25, 0.3) is 0 Å². The maximum atomic E-state index is 6.06. The van der Waals surface area contributed by atoms with Crippen molar-refractivity contribution < 1.29 is 9.15 Å². The van der Waals surface area contributed by atoms with Gasteiger partial charge >= 0.3 is 0 Å². The molecule has 0 amide bonds. The molecule has 0 fully saturated rings. The van der Waals surface area contributed by atoms with Gasteiger partial charge in [0.15, 0.2) is 0 Å². The molecule has 114 valence electrons. The van der Waals surface area contributed by atoms with Gasteiger partial charge in [-0.05, 0) is 37.1 Å². The molecule has 3 heteroatoms. The molecule has 1 aromatic heterocycles. The van der Waals surface area contributed by atoms with Crippen LogP contribution in [0.1, 0.15) is 43.2 Å². The molecule has 0 radical (unpaired) electrons. The molecule has 1 N–H and O–H groups in total. The van der Waals surface area contributed by atoms with Gasteiger partial charge in [-0.1, -0.05) is 38.5 Å². The van der Waals surface area contributed by atoms with Gasteiger partial charge in [-0.3, -0.25) is 0 Å². The lowest BCUT2D eigenvalue weighted by atomic mass is 9.85. The molecule has 0 aliphatic heterocycles. The van der Waals surface area contributed by atoms with Crippen molar-refractivity contribution in [2.24, 2.45) is 0 Å². The molecule has 0 unspecified atom stereocenters. The fraction of sp³-hybridized carbons (Fsp3) is 0.444. The van der Waals surface area contributed by atoms with Gasteiger partial charge in [-0.15, -0.1) is 0 Å². The molecule has 0 saturated heterocycles. The molecule has 0 aliphatic carbocycles. The lowest BCUT2D eigenvalue weighted by Crippen LogP contribution is -2.14. The summed E-state index contributed by atoms with van der Waals surface area (Å²) >= 11 is 0. The lowest BCUT2D eigenvalue weighted by Gasteiger charge is -2.23. The van der Waals surface area contributed by atoms with E-state index in [2.05, 4.69) is 51.2 Å². The third kappa shape index (κ3) is 3.88. The van der Waals surface area contributed by atoms with E-state index < -0.39 is 0 Å². The highest BCUT2D eigenvalue weighted by Gasteiger charge is 2.19. The van der Waals surface area contributed by atoms with Crippen LogP contribution in [0.15, 0.2) is 34.9 Å². The molecule has 1 aromatic carbocycles. The number of nitrogens with one attached hydrogen (secondary N) is 1. The van der Waals surface area contributed by atoms with E-state index >= 15 is 0 Å². The Hall–Kier alpha value is -1.74. The van der Waals surface area contributed by atoms with Gasteiger partial charge < -0.3 is 14.5 Å². The van der Waals surface area contributed by atoms with Gasteiger partial charge in [0.05, 0.1) is 12.8 Å². The minimum Gasteiger partial charge on any atom is -0.488 e. The van der Waals surface area contributed by atoms with Crippen molar-refractivity contribution in [2.45, 2.75) is 46.3 Å². The van der Waals surface area contributed by atoms with Gasteiger partial charge in [0, 0.05) is 5.56 Å². The van der Waals surface area contributed by atoms with E-state index in [1.807, 2.05) is 13.1 Å². The Labute approximate surface area is 127 Å². The average Bonchev–Trinajstić information content (AvgIpc) is 2.84. The number of rotatable bonds is 5. The fourth-order valence-electron chi connectivity index (χ4n) is 2.32. The van der Waals surface area contributed by atoms with E-state index in [1.54, 1.807) is 6.26 Å². The predicted octanol–water partition coefficient (Wildman–Crippen LogP) is 4.18. The molecule has 0 bridgehead atoms. The normalized spacial score (nSPS) is 11.7. The van der Waals surface area contributed by atoms with Gasteiger partial charge in [0.2, 0.25) is 0 Å². The summed E-state index contributed by atoms with van der Waals surface area (Å²) in [5, 5.41) is 3.10. The largest absolute Gasteiger partial charge is 0.488 e. The predicted molar refractivity (Wildman–Crippen MR) is 85.7 cm³/mol. The molecular weight excluding hydrogens is 262 g/mol. The maximum absolute atomic E-state index is 6.06. The summed E-state index contributed by atoms with van der Waals surface area (Å²) in [7, 11) is 1.91. The number of furan rings is 1. The average molecular weight is 287 g/mol. The topological polar surface area (TPSA) is 34.4 Å². The van der Waals surface area contributed by atoms with Crippen LogP contribution in [0.2, 0.25) is 0 Å². The molecule has 0 aliphatic rings. The molecule has 0 saturated carbocycles. The van der Waals surface area contributed by atoms with Crippen molar-refractivity contribution in [3.8, 4) is 5.75 Å². The fourth-order valence-corrected chi connectivity index (χ4v) is 2.32. The Bertz CT molecular complexity index is 594. The SMILES string of the molecule is CNCc1occc1COc1ccc(C)cc1C(C)(C)C. The summed E-state index contributed by atoms with van der Waals surface area (Å²) in [6, 6.07) is 8.33. The maximum Gasteiger partial charge on any atom is 0.124 e. The van der Waals surface area contributed by atoms with Crippen molar-refractivity contribution >= 4 is 0 Å². The zero-order chi connectivity index (χ0) is 15.5. The third-order valence-electron chi connectivity index (χ3n) is 3.50. The van der Waals surface area contributed by atoms with Crippen LogP contribution in [0.4, 0.5) is 0 Å². The zero-order valence-electron chi connectivity index (χ0n) is 13.6. The van der Waals surface area contributed by atoms with Crippen LogP contribution in [0.5, 0.6) is 5.75 Å². The molecule has 1 heterocycles. The van der Waals surface area contributed by atoms with E-state index in [-0.39, 0.29) is 5.41 Å². The summed E-state index contributed by atoms with van der Waals surface area (Å²) in [4.78, 5) is 0. The summed E-state index contributed by atoms with van der Waals surface area (Å²) in [6.07, 6.45) is 1.71. The minimum atomic E-state index is 0.0611. The number of hydrogen-bond donors (Lipinski definition) is 1. The molecule has 21 heavy (non-hydrogen) atoms. The van der Waals surface area contributed by atoms with E-state index in [1.165, 1.54) is 11.1 Å². The summed E-state index contributed by atoms with van der Waals surface area (Å²) < 4.78 is 11.5. The molecule has 2 rings (SSSR count). The Morgan fingerprint density at radius 3 is 2.62 bits per heavy atom. The van der Waals surface area contributed by atoms with Gasteiger partial charge in [0.1, 0.15) is 18.1 Å². The van der Waals surface area contributed by atoms with Crippen LogP contribution >= 0.6 is 0 Å². The zero-order valence-corrected chi connectivity index (χ0v) is 13.6. The monoisotopic (exact) mass is 287 g/mol. The van der Waals surface area contributed by atoms with Crippen molar-refractivity contribution in [1.82, 2.24) is 5.32 Å². The van der Waals surface area contributed by atoms with Crippen molar-refractivity contribution in [3.05, 3.63) is 53.0 Å². The van der Waals surface area contributed by atoms with Crippen LogP contribution in [0, 0.1) is 6.92 Å². The van der Waals surface area contributed by atoms with E-state index in [4.69, 9.17) is 9.15 Å². The quantitative estimate of drug-likeness (QED) is 0.895. The van der Waals surface area contributed by atoms with Gasteiger partial charge in [0.25, 0.3) is 0 Å². The molecule has 3 nitrogen and oxygen atoms in total. The third-order valence-corrected chi connectivity index (χ3v) is 3.50. The smallest absolute Gasteiger partial charge is 0.124 e. The molecule has 0 atom stereocenters. The highest BCUT2D eigenvalue weighted by Crippen LogP contribution is 2.32. The number of aryl methyl sites for hydroxylation is 1. The minimum absolute atomic E-state index is 0.0611.